The molecule has 0 radical (unpaired) electrons. The van der Waals surface area contributed by atoms with Gasteiger partial charge in [-0.3, -0.25) is 4.79 Å². The third kappa shape index (κ3) is 4.28. The molecule has 1 amide bonds. The van der Waals surface area contributed by atoms with E-state index in [1.165, 1.54) is 11.4 Å². The molecule has 0 saturated carbocycles. The Balaban J connectivity index is 1.75. The summed E-state index contributed by atoms with van der Waals surface area (Å²) in [6, 6.07) is 13.4. The topological polar surface area (TPSA) is 84.9 Å². The highest BCUT2D eigenvalue weighted by Gasteiger charge is 2.33. The molecule has 1 fully saturated rings. The molecule has 1 heterocycles. The van der Waals surface area contributed by atoms with E-state index in [4.69, 9.17) is 9.47 Å². The van der Waals surface area contributed by atoms with Crippen molar-refractivity contribution in [2.45, 2.75) is 17.7 Å². The maximum Gasteiger partial charge on any atom is 0.243 e. The summed E-state index contributed by atoms with van der Waals surface area (Å²) in [5, 5.41) is 2.85. The monoisotopic (exact) mass is 404 g/mol. The summed E-state index contributed by atoms with van der Waals surface area (Å²) in [7, 11) is -0.554. The summed E-state index contributed by atoms with van der Waals surface area (Å²) in [5.74, 6) is 0.425. The molecule has 28 heavy (non-hydrogen) atoms. The number of carbonyl (C=O) groups is 1. The molecular formula is C20H24N2O5S. The molecule has 1 saturated heterocycles. The lowest BCUT2D eigenvalue weighted by molar-refractivity contribution is -0.120. The molecule has 0 aromatic heterocycles. The standard InChI is InChI=1S/C20H24N2O5S/c1-26-16-10-11-19(27-2)18(13-16)21-20(23)15-7-6-12-22(14-15)28(24,25)17-8-4-3-5-9-17/h3-5,8-11,13,15H,6-7,12,14H2,1-2H3,(H,21,23)/t15-/m0/s1. The summed E-state index contributed by atoms with van der Waals surface area (Å²) < 4.78 is 37.6. The highest BCUT2D eigenvalue weighted by atomic mass is 32.2. The summed E-state index contributed by atoms with van der Waals surface area (Å²) in [6.07, 6.45) is 1.25. The van der Waals surface area contributed by atoms with Crippen molar-refractivity contribution < 1.29 is 22.7 Å². The molecule has 2 aromatic carbocycles. The van der Waals surface area contributed by atoms with E-state index in [9.17, 15) is 13.2 Å². The van der Waals surface area contributed by atoms with E-state index in [0.717, 1.165) is 0 Å². The zero-order valence-electron chi connectivity index (χ0n) is 15.9. The Kier molecular flexibility index (Phi) is 6.21. The lowest BCUT2D eigenvalue weighted by Gasteiger charge is -2.31. The Hall–Kier alpha value is -2.58. The zero-order valence-corrected chi connectivity index (χ0v) is 16.7. The first kappa shape index (κ1) is 20.2. The van der Waals surface area contributed by atoms with Crippen LogP contribution in [0.3, 0.4) is 0 Å². The van der Waals surface area contributed by atoms with E-state index in [0.29, 0.717) is 36.6 Å². The molecule has 0 unspecified atom stereocenters. The van der Waals surface area contributed by atoms with Crippen LogP contribution in [0, 0.1) is 5.92 Å². The molecular weight excluding hydrogens is 380 g/mol. The Bertz CT molecular complexity index is 931. The number of methoxy groups -OCH3 is 2. The average Bonchev–Trinajstić information content (AvgIpc) is 2.74. The first-order valence-electron chi connectivity index (χ1n) is 9.04. The van der Waals surface area contributed by atoms with Crippen molar-refractivity contribution in [1.82, 2.24) is 4.31 Å². The number of anilines is 1. The highest BCUT2D eigenvalue weighted by Crippen LogP contribution is 2.30. The summed E-state index contributed by atoms with van der Waals surface area (Å²) >= 11 is 0. The number of hydrogen-bond acceptors (Lipinski definition) is 5. The fraction of sp³-hybridized carbons (Fsp3) is 0.350. The molecule has 8 heteroatoms. The van der Waals surface area contributed by atoms with Crippen molar-refractivity contribution in [2.24, 2.45) is 5.92 Å². The number of nitrogens with one attached hydrogen (secondary N) is 1. The van der Waals surface area contributed by atoms with Crippen LogP contribution in [-0.4, -0.2) is 45.9 Å². The molecule has 7 nitrogen and oxygen atoms in total. The predicted molar refractivity (Wildman–Crippen MR) is 106 cm³/mol. The number of amides is 1. The Morgan fingerprint density at radius 2 is 1.86 bits per heavy atom. The largest absolute Gasteiger partial charge is 0.497 e. The van der Waals surface area contributed by atoms with Gasteiger partial charge in [-0.15, -0.1) is 0 Å². The van der Waals surface area contributed by atoms with Gasteiger partial charge in [0, 0.05) is 19.2 Å². The van der Waals surface area contributed by atoms with Crippen LogP contribution in [0.5, 0.6) is 11.5 Å². The van der Waals surface area contributed by atoms with Crippen LogP contribution in [0.15, 0.2) is 53.4 Å². The van der Waals surface area contributed by atoms with Gasteiger partial charge < -0.3 is 14.8 Å². The van der Waals surface area contributed by atoms with E-state index >= 15 is 0 Å². The minimum absolute atomic E-state index is 0.148. The average molecular weight is 404 g/mol. The Labute approximate surface area is 165 Å². The molecule has 2 aromatic rings. The first-order chi connectivity index (χ1) is 13.5. The first-order valence-corrected chi connectivity index (χ1v) is 10.5. The van der Waals surface area contributed by atoms with Gasteiger partial charge in [0.25, 0.3) is 0 Å². The van der Waals surface area contributed by atoms with Crippen molar-refractivity contribution >= 4 is 21.6 Å². The maximum atomic E-state index is 12.9. The second kappa shape index (κ2) is 8.62. The smallest absolute Gasteiger partial charge is 0.243 e. The minimum Gasteiger partial charge on any atom is -0.497 e. The van der Waals surface area contributed by atoms with Crippen LogP contribution >= 0.6 is 0 Å². The van der Waals surface area contributed by atoms with Crippen molar-refractivity contribution in [3.8, 4) is 11.5 Å². The van der Waals surface area contributed by atoms with Gasteiger partial charge in [-0.25, -0.2) is 8.42 Å². The van der Waals surface area contributed by atoms with Gasteiger partial charge in [0.05, 0.1) is 30.7 Å². The number of benzene rings is 2. The lowest BCUT2D eigenvalue weighted by atomic mass is 9.98. The molecule has 0 aliphatic carbocycles. The normalized spacial score (nSPS) is 17.7. The number of hydrogen-bond donors (Lipinski definition) is 1. The van der Waals surface area contributed by atoms with Crippen LogP contribution in [0.1, 0.15) is 12.8 Å². The van der Waals surface area contributed by atoms with Gasteiger partial charge >= 0.3 is 0 Å². The van der Waals surface area contributed by atoms with Gasteiger partial charge in [-0.1, -0.05) is 18.2 Å². The van der Waals surface area contributed by atoms with Gasteiger partial charge in [-0.2, -0.15) is 4.31 Å². The predicted octanol–water partition coefficient (Wildman–Crippen LogP) is 2.74. The van der Waals surface area contributed by atoms with E-state index in [2.05, 4.69) is 5.32 Å². The number of rotatable bonds is 6. The highest BCUT2D eigenvalue weighted by molar-refractivity contribution is 7.89. The van der Waals surface area contributed by atoms with Gasteiger partial charge in [0.15, 0.2) is 0 Å². The summed E-state index contributed by atoms with van der Waals surface area (Å²) in [6.45, 7) is 0.554. The quantitative estimate of drug-likeness (QED) is 0.800. The Morgan fingerprint density at radius 3 is 2.54 bits per heavy atom. The lowest BCUT2D eigenvalue weighted by Crippen LogP contribution is -2.43. The van der Waals surface area contributed by atoms with Crippen LogP contribution < -0.4 is 14.8 Å². The second-order valence-corrected chi connectivity index (χ2v) is 8.51. The summed E-state index contributed by atoms with van der Waals surface area (Å²) in [5.41, 5.74) is 0.495. The molecule has 1 atom stereocenters. The number of nitrogens with zero attached hydrogens (tertiary/aromatic N) is 1. The molecule has 1 aliphatic heterocycles. The fourth-order valence-corrected chi connectivity index (χ4v) is 4.81. The number of sulfonamides is 1. The van der Waals surface area contributed by atoms with Crippen molar-refractivity contribution in [3.63, 3.8) is 0 Å². The Morgan fingerprint density at radius 1 is 1.11 bits per heavy atom. The number of ether oxygens (including phenoxy) is 2. The number of carbonyl (C=O) groups excluding carboxylic acids is 1. The second-order valence-electron chi connectivity index (χ2n) is 6.57. The van der Waals surface area contributed by atoms with Crippen molar-refractivity contribution in [3.05, 3.63) is 48.5 Å². The third-order valence-electron chi connectivity index (χ3n) is 4.80. The molecule has 1 aliphatic rings. The zero-order chi connectivity index (χ0) is 20.1. The third-order valence-corrected chi connectivity index (χ3v) is 6.68. The molecule has 0 bridgehead atoms. The van der Waals surface area contributed by atoms with Crippen LogP contribution in [0.25, 0.3) is 0 Å². The van der Waals surface area contributed by atoms with Crippen LogP contribution in [-0.2, 0) is 14.8 Å². The molecule has 150 valence electrons. The minimum atomic E-state index is -3.62. The summed E-state index contributed by atoms with van der Waals surface area (Å²) in [4.78, 5) is 13.1. The van der Waals surface area contributed by atoms with E-state index in [1.807, 2.05) is 0 Å². The van der Waals surface area contributed by atoms with E-state index in [-0.39, 0.29) is 17.3 Å². The van der Waals surface area contributed by atoms with Crippen molar-refractivity contribution in [2.75, 3.05) is 32.6 Å². The van der Waals surface area contributed by atoms with Crippen molar-refractivity contribution in [1.29, 1.82) is 0 Å². The van der Waals surface area contributed by atoms with Gasteiger partial charge in [0.2, 0.25) is 15.9 Å². The number of piperidine rings is 1. The van der Waals surface area contributed by atoms with E-state index < -0.39 is 15.9 Å². The SMILES string of the molecule is COc1ccc(OC)c(NC(=O)[C@H]2CCCN(S(=O)(=O)c3ccccc3)C2)c1. The molecule has 0 spiro atoms. The fourth-order valence-electron chi connectivity index (χ4n) is 3.26. The molecule has 1 N–H and O–H groups in total. The molecule has 3 rings (SSSR count). The van der Waals surface area contributed by atoms with Crippen LogP contribution in [0.2, 0.25) is 0 Å². The van der Waals surface area contributed by atoms with Gasteiger partial charge in [0.1, 0.15) is 11.5 Å². The van der Waals surface area contributed by atoms with Gasteiger partial charge in [-0.05, 0) is 37.1 Å². The van der Waals surface area contributed by atoms with E-state index in [1.54, 1.807) is 55.6 Å². The maximum absolute atomic E-state index is 12.9. The van der Waals surface area contributed by atoms with Crippen LogP contribution in [0.4, 0.5) is 5.69 Å².